The highest BCUT2D eigenvalue weighted by molar-refractivity contribution is 7.93. The van der Waals surface area contributed by atoms with Gasteiger partial charge in [0.05, 0.1) is 30.4 Å². The molecule has 0 N–H and O–H groups in total. The van der Waals surface area contributed by atoms with Crippen molar-refractivity contribution in [2.75, 3.05) is 26.8 Å². The van der Waals surface area contributed by atoms with Crippen LogP contribution in [-0.4, -0.2) is 51.3 Å². The molecular formula is C29H40N2O4S. The number of ether oxygens (including phenoxy) is 2. The molecule has 3 aliphatic carbocycles. The van der Waals surface area contributed by atoms with Crippen LogP contribution in [0.15, 0.2) is 40.3 Å². The lowest BCUT2D eigenvalue weighted by molar-refractivity contribution is 0.308. The molecular weight excluding hydrogens is 472 g/mol. The minimum atomic E-state index is -3.48. The number of hydrogen-bond donors (Lipinski definition) is 0. The maximum atomic E-state index is 13.4. The summed E-state index contributed by atoms with van der Waals surface area (Å²) in [6, 6.07) is 4.59. The molecule has 4 aliphatic rings. The molecule has 0 saturated heterocycles. The van der Waals surface area contributed by atoms with Crippen LogP contribution in [0, 0.1) is 11.3 Å². The van der Waals surface area contributed by atoms with Crippen LogP contribution in [0.2, 0.25) is 0 Å². The zero-order chi connectivity index (χ0) is 25.5. The van der Waals surface area contributed by atoms with E-state index in [2.05, 4.69) is 18.2 Å². The molecule has 196 valence electrons. The number of rotatable bonds is 10. The van der Waals surface area contributed by atoms with E-state index in [9.17, 15) is 8.42 Å². The van der Waals surface area contributed by atoms with E-state index in [1.165, 1.54) is 18.4 Å². The smallest absolute Gasteiger partial charge is 0.242 e. The Morgan fingerprint density at radius 2 is 1.83 bits per heavy atom. The lowest BCUT2D eigenvalue weighted by Gasteiger charge is -2.37. The van der Waals surface area contributed by atoms with Crippen LogP contribution in [0.5, 0.6) is 11.5 Å². The molecule has 0 radical (unpaired) electrons. The van der Waals surface area contributed by atoms with Crippen LogP contribution in [0.1, 0.15) is 82.8 Å². The van der Waals surface area contributed by atoms with Gasteiger partial charge in [0.2, 0.25) is 10.0 Å². The SMILES string of the molecule is CCCN(CCC)S(=O)(=O)C1=CC2CC2(C2=NC3CCCCC3c3cc(OCC)c(OC)cc32)C=C1. The largest absolute Gasteiger partial charge is 0.493 e. The van der Waals surface area contributed by atoms with Crippen LogP contribution in [0.25, 0.3) is 0 Å². The van der Waals surface area contributed by atoms with Crippen LogP contribution in [-0.2, 0) is 10.0 Å². The van der Waals surface area contributed by atoms with Crippen LogP contribution in [0.3, 0.4) is 0 Å². The third-order valence-corrected chi connectivity index (χ3v) is 10.2. The Morgan fingerprint density at radius 1 is 1.08 bits per heavy atom. The minimum Gasteiger partial charge on any atom is -0.493 e. The molecule has 0 aromatic heterocycles. The first-order valence-corrected chi connectivity index (χ1v) is 15.2. The minimum absolute atomic E-state index is 0.154. The van der Waals surface area contributed by atoms with Crippen LogP contribution < -0.4 is 9.47 Å². The number of nitrogens with zero attached hydrogens (tertiary/aromatic N) is 2. The molecule has 1 aromatic carbocycles. The highest BCUT2D eigenvalue weighted by Gasteiger charge is 2.58. The lowest BCUT2D eigenvalue weighted by atomic mass is 9.73. The summed E-state index contributed by atoms with van der Waals surface area (Å²) in [5.41, 5.74) is 3.36. The monoisotopic (exact) mass is 512 g/mol. The van der Waals surface area contributed by atoms with Crippen LogP contribution >= 0.6 is 0 Å². The molecule has 0 spiro atoms. The van der Waals surface area contributed by atoms with Gasteiger partial charge in [0.15, 0.2) is 11.5 Å². The summed E-state index contributed by atoms with van der Waals surface area (Å²) < 4.78 is 40.2. The third-order valence-electron chi connectivity index (χ3n) is 8.31. The van der Waals surface area contributed by atoms with Crippen molar-refractivity contribution < 1.29 is 17.9 Å². The van der Waals surface area contributed by atoms with Crippen molar-refractivity contribution in [3.63, 3.8) is 0 Å². The fourth-order valence-electron chi connectivity index (χ4n) is 6.46. The standard InChI is InChI=1S/C29H40N2O4S/c1-5-14-31(15-6-2)36(32,33)21-12-13-29(19-20(29)16-21)28-24-18-26(34-4)27(35-7-3)17-23(24)22-10-8-9-11-25(22)30-28/h12-13,16-18,20,22,25H,5-11,14-15,19H2,1-4H3. The predicted molar refractivity (Wildman–Crippen MR) is 145 cm³/mol. The Balaban J connectivity index is 1.52. The highest BCUT2D eigenvalue weighted by Crippen LogP contribution is 2.62. The second-order valence-electron chi connectivity index (χ2n) is 10.6. The van der Waals surface area contributed by atoms with E-state index in [1.807, 2.05) is 32.9 Å². The molecule has 0 amide bonds. The van der Waals surface area contributed by atoms with Crippen molar-refractivity contribution in [2.24, 2.45) is 16.3 Å². The molecule has 2 saturated carbocycles. The quantitative estimate of drug-likeness (QED) is 0.395. The van der Waals surface area contributed by atoms with Gasteiger partial charge in [-0.05, 0) is 68.7 Å². The van der Waals surface area contributed by atoms with E-state index in [4.69, 9.17) is 14.5 Å². The van der Waals surface area contributed by atoms with Crippen molar-refractivity contribution in [1.29, 1.82) is 0 Å². The summed E-state index contributed by atoms with van der Waals surface area (Å²) in [6.45, 7) is 7.75. The number of sulfonamides is 1. The van der Waals surface area contributed by atoms with E-state index in [-0.39, 0.29) is 17.4 Å². The van der Waals surface area contributed by atoms with Gasteiger partial charge in [-0.3, -0.25) is 4.99 Å². The first-order valence-electron chi connectivity index (χ1n) is 13.7. The fourth-order valence-corrected chi connectivity index (χ4v) is 8.18. The van der Waals surface area contributed by atoms with E-state index in [0.29, 0.717) is 30.5 Å². The summed E-state index contributed by atoms with van der Waals surface area (Å²) in [6.07, 6.45) is 13.2. The number of fused-ring (bicyclic) bond motifs is 4. The maximum Gasteiger partial charge on any atom is 0.242 e. The predicted octanol–water partition coefficient (Wildman–Crippen LogP) is 5.83. The fraction of sp³-hybridized carbons (Fsp3) is 0.621. The molecule has 7 heteroatoms. The second-order valence-corrected chi connectivity index (χ2v) is 12.6. The molecule has 1 heterocycles. The van der Waals surface area contributed by atoms with E-state index in [0.717, 1.165) is 54.9 Å². The third kappa shape index (κ3) is 4.22. The van der Waals surface area contributed by atoms with Gasteiger partial charge in [-0.1, -0.05) is 38.8 Å². The van der Waals surface area contributed by atoms with Gasteiger partial charge in [-0.2, -0.15) is 4.31 Å². The van der Waals surface area contributed by atoms with Gasteiger partial charge in [0, 0.05) is 30.0 Å². The first kappa shape index (κ1) is 25.5. The van der Waals surface area contributed by atoms with Crippen molar-refractivity contribution in [3.05, 3.63) is 46.4 Å². The van der Waals surface area contributed by atoms with Crippen molar-refractivity contribution >= 4 is 15.7 Å². The van der Waals surface area contributed by atoms with E-state index < -0.39 is 10.0 Å². The maximum absolute atomic E-state index is 13.4. The summed E-state index contributed by atoms with van der Waals surface area (Å²) in [5, 5.41) is 0. The topological polar surface area (TPSA) is 68.2 Å². The molecule has 36 heavy (non-hydrogen) atoms. The number of aliphatic imine (C=N–C) groups is 1. The van der Waals surface area contributed by atoms with Gasteiger partial charge < -0.3 is 9.47 Å². The average molecular weight is 513 g/mol. The Kier molecular flexibility index (Phi) is 7.07. The Labute approximate surface area is 216 Å². The van der Waals surface area contributed by atoms with Crippen molar-refractivity contribution in [1.82, 2.24) is 4.31 Å². The molecule has 0 bridgehead atoms. The summed E-state index contributed by atoms with van der Waals surface area (Å²) >= 11 is 0. The summed E-state index contributed by atoms with van der Waals surface area (Å²) in [4.78, 5) is 5.84. The number of allylic oxidation sites excluding steroid dienone is 3. The van der Waals surface area contributed by atoms with Gasteiger partial charge in [-0.15, -0.1) is 0 Å². The van der Waals surface area contributed by atoms with Crippen molar-refractivity contribution in [3.8, 4) is 11.5 Å². The van der Waals surface area contributed by atoms with Gasteiger partial charge in [0.1, 0.15) is 0 Å². The molecule has 2 fully saturated rings. The molecule has 1 aliphatic heterocycles. The van der Waals surface area contributed by atoms with Gasteiger partial charge >= 0.3 is 0 Å². The first-order chi connectivity index (χ1) is 17.4. The van der Waals surface area contributed by atoms with E-state index >= 15 is 0 Å². The number of hydrogen-bond acceptors (Lipinski definition) is 5. The molecule has 1 aromatic rings. The zero-order valence-corrected chi connectivity index (χ0v) is 22.9. The average Bonchev–Trinajstić information content (AvgIpc) is 3.63. The Morgan fingerprint density at radius 3 is 2.50 bits per heavy atom. The molecule has 5 rings (SSSR count). The van der Waals surface area contributed by atoms with E-state index in [1.54, 1.807) is 11.4 Å². The highest BCUT2D eigenvalue weighted by atomic mass is 32.2. The van der Waals surface area contributed by atoms with Gasteiger partial charge in [0.25, 0.3) is 0 Å². The second kappa shape index (κ2) is 9.97. The number of benzene rings is 1. The van der Waals surface area contributed by atoms with Crippen molar-refractivity contribution in [2.45, 2.75) is 77.7 Å². The Hall–Kier alpha value is -2.12. The molecule has 6 nitrogen and oxygen atoms in total. The summed E-state index contributed by atoms with van der Waals surface area (Å²) in [7, 11) is -1.80. The number of methoxy groups -OCH3 is 1. The zero-order valence-electron chi connectivity index (χ0n) is 22.1. The normalized spacial score (nSPS) is 28.5. The Bertz CT molecular complexity index is 1200. The summed E-state index contributed by atoms with van der Waals surface area (Å²) in [5.74, 6) is 2.10. The molecule has 4 unspecified atom stereocenters. The lowest BCUT2D eigenvalue weighted by Crippen LogP contribution is -2.35. The van der Waals surface area contributed by atoms with Gasteiger partial charge in [-0.25, -0.2) is 8.42 Å². The molecule has 4 atom stereocenters. The van der Waals surface area contributed by atoms with Crippen LogP contribution in [0.4, 0.5) is 0 Å².